The number of halogens is 1. The van der Waals surface area contributed by atoms with E-state index in [9.17, 15) is 4.79 Å². The van der Waals surface area contributed by atoms with Crippen molar-refractivity contribution in [3.63, 3.8) is 0 Å². The molecule has 1 nitrogen and oxygen atoms in total. The molecule has 0 aliphatic rings. The predicted molar refractivity (Wildman–Crippen MR) is 71.8 cm³/mol. The number of carbonyl (C=O) groups excluding carboxylic acids is 1. The van der Waals surface area contributed by atoms with Crippen LogP contribution in [0, 0.1) is 0 Å². The lowest BCUT2D eigenvalue weighted by Gasteiger charge is -2.06. The Balaban J connectivity index is 2.58. The van der Waals surface area contributed by atoms with Gasteiger partial charge in [-0.2, -0.15) is 0 Å². The SMILES string of the molecule is O=CC(Br)=C(c1ccccc1)c1cccs1. The molecule has 0 fully saturated rings. The Hall–Kier alpha value is -1.19. The second-order valence-corrected chi connectivity index (χ2v) is 4.99. The number of aldehydes is 1. The second kappa shape index (κ2) is 5.23. The topological polar surface area (TPSA) is 17.1 Å². The first-order chi connectivity index (χ1) is 7.83. The van der Waals surface area contributed by atoms with Crippen molar-refractivity contribution >= 4 is 39.1 Å². The zero-order valence-corrected chi connectivity index (χ0v) is 10.8. The Kier molecular flexibility index (Phi) is 3.70. The smallest absolute Gasteiger partial charge is 0.157 e. The van der Waals surface area contributed by atoms with Gasteiger partial charge in [0, 0.05) is 10.5 Å². The second-order valence-electron chi connectivity index (χ2n) is 3.18. The summed E-state index contributed by atoms with van der Waals surface area (Å²) in [6.07, 6.45) is 0.835. The van der Waals surface area contributed by atoms with Gasteiger partial charge >= 0.3 is 0 Å². The Morgan fingerprint density at radius 1 is 1.12 bits per heavy atom. The van der Waals surface area contributed by atoms with Crippen LogP contribution in [0.3, 0.4) is 0 Å². The molecule has 0 radical (unpaired) electrons. The summed E-state index contributed by atoms with van der Waals surface area (Å²) in [6, 6.07) is 13.9. The molecule has 1 aromatic carbocycles. The fourth-order valence-electron chi connectivity index (χ4n) is 1.48. The van der Waals surface area contributed by atoms with E-state index in [2.05, 4.69) is 15.9 Å². The Bertz CT molecular complexity index is 500. The molecule has 0 aliphatic heterocycles. The van der Waals surface area contributed by atoms with Crippen LogP contribution in [-0.2, 0) is 4.79 Å². The normalized spacial score (nSPS) is 12.1. The number of hydrogen-bond acceptors (Lipinski definition) is 2. The van der Waals surface area contributed by atoms with Crippen molar-refractivity contribution in [2.24, 2.45) is 0 Å². The van der Waals surface area contributed by atoms with Crippen molar-refractivity contribution in [1.29, 1.82) is 0 Å². The minimum absolute atomic E-state index is 0.584. The maximum Gasteiger partial charge on any atom is 0.157 e. The highest BCUT2D eigenvalue weighted by atomic mass is 79.9. The van der Waals surface area contributed by atoms with Gasteiger partial charge in [-0.25, -0.2) is 0 Å². The molecule has 0 saturated heterocycles. The third kappa shape index (κ3) is 2.31. The maximum absolute atomic E-state index is 10.9. The van der Waals surface area contributed by atoms with E-state index in [4.69, 9.17) is 0 Å². The molecule has 0 atom stereocenters. The molecule has 3 heteroatoms. The standard InChI is InChI=1S/C13H9BrOS/c14-11(9-15)13(12-7-4-8-16-12)10-5-2-1-3-6-10/h1-9H. The highest BCUT2D eigenvalue weighted by molar-refractivity contribution is 9.12. The van der Waals surface area contributed by atoms with Crippen molar-refractivity contribution < 1.29 is 4.79 Å². The van der Waals surface area contributed by atoms with E-state index in [0.717, 1.165) is 22.3 Å². The van der Waals surface area contributed by atoms with Crippen LogP contribution in [0.1, 0.15) is 10.4 Å². The fraction of sp³-hybridized carbons (Fsp3) is 0. The van der Waals surface area contributed by atoms with E-state index in [-0.39, 0.29) is 0 Å². The average Bonchev–Trinajstić information content (AvgIpc) is 2.84. The lowest BCUT2D eigenvalue weighted by molar-refractivity contribution is -0.104. The maximum atomic E-state index is 10.9. The van der Waals surface area contributed by atoms with Crippen LogP contribution in [-0.4, -0.2) is 6.29 Å². The van der Waals surface area contributed by atoms with Crippen molar-refractivity contribution in [2.45, 2.75) is 0 Å². The van der Waals surface area contributed by atoms with Gasteiger partial charge < -0.3 is 0 Å². The monoisotopic (exact) mass is 292 g/mol. The van der Waals surface area contributed by atoms with Gasteiger partial charge in [-0.05, 0) is 32.9 Å². The first kappa shape index (κ1) is 11.3. The number of carbonyl (C=O) groups is 1. The molecular weight excluding hydrogens is 284 g/mol. The molecule has 0 amide bonds. The summed E-state index contributed by atoms with van der Waals surface area (Å²) < 4.78 is 0.584. The van der Waals surface area contributed by atoms with Crippen molar-refractivity contribution in [3.8, 4) is 0 Å². The highest BCUT2D eigenvalue weighted by Crippen LogP contribution is 2.31. The summed E-state index contributed by atoms with van der Waals surface area (Å²) in [5, 5.41) is 2.00. The molecule has 0 aliphatic carbocycles. The first-order valence-electron chi connectivity index (χ1n) is 4.77. The number of rotatable bonds is 3. The van der Waals surface area contributed by atoms with Gasteiger partial charge in [0.15, 0.2) is 6.29 Å². The van der Waals surface area contributed by atoms with Crippen LogP contribution < -0.4 is 0 Å². The lowest BCUT2D eigenvalue weighted by Crippen LogP contribution is -1.88. The number of benzene rings is 1. The molecule has 0 bridgehead atoms. The van der Waals surface area contributed by atoms with Gasteiger partial charge in [0.05, 0.1) is 4.48 Å². The van der Waals surface area contributed by atoms with Crippen LogP contribution >= 0.6 is 27.3 Å². The minimum atomic E-state index is 0.584. The van der Waals surface area contributed by atoms with Crippen LogP contribution in [0.5, 0.6) is 0 Å². The molecule has 0 unspecified atom stereocenters. The number of hydrogen-bond donors (Lipinski definition) is 0. The molecule has 16 heavy (non-hydrogen) atoms. The van der Waals surface area contributed by atoms with E-state index < -0.39 is 0 Å². The molecule has 0 spiro atoms. The van der Waals surface area contributed by atoms with Gasteiger partial charge in [-0.1, -0.05) is 36.4 Å². The van der Waals surface area contributed by atoms with E-state index in [1.54, 1.807) is 11.3 Å². The van der Waals surface area contributed by atoms with Crippen molar-refractivity contribution in [3.05, 3.63) is 62.8 Å². The van der Waals surface area contributed by atoms with E-state index in [0.29, 0.717) is 4.48 Å². The number of thiophene rings is 1. The summed E-state index contributed by atoms with van der Waals surface area (Å²) in [6.45, 7) is 0. The van der Waals surface area contributed by atoms with E-state index in [1.807, 2.05) is 47.8 Å². The van der Waals surface area contributed by atoms with Gasteiger partial charge in [0.2, 0.25) is 0 Å². The summed E-state index contributed by atoms with van der Waals surface area (Å²) in [5.74, 6) is 0. The largest absolute Gasteiger partial charge is 0.297 e. The van der Waals surface area contributed by atoms with Gasteiger partial charge in [-0.15, -0.1) is 11.3 Å². The van der Waals surface area contributed by atoms with Crippen LogP contribution in [0.25, 0.3) is 5.57 Å². The first-order valence-corrected chi connectivity index (χ1v) is 6.44. The van der Waals surface area contributed by atoms with Crippen LogP contribution in [0.4, 0.5) is 0 Å². The molecule has 0 saturated carbocycles. The van der Waals surface area contributed by atoms with E-state index in [1.165, 1.54) is 0 Å². The van der Waals surface area contributed by atoms with Gasteiger partial charge in [0.25, 0.3) is 0 Å². The molecule has 2 rings (SSSR count). The van der Waals surface area contributed by atoms with Crippen molar-refractivity contribution in [1.82, 2.24) is 0 Å². The summed E-state index contributed by atoms with van der Waals surface area (Å²) in [5.41, 5.74) is 1.99. The lowest BCUT2D eigenvalue weighted by atomic mass is 10.0. The molecule has 80 valence electrons. The van der Waals surface area contributed by atoms with Crippen LogP contribution in [0.2, 0.25) is 0 Å². The summed E-state index contributed by atoms with van der Waals surface area (Å²) in [7, 11) is 0. The molecule has 1 aromatic heterocycles. The average molecular weight is 293 g/mol. The highest BCUT2D eigenvalue weighted by Gasteiger charge is 2.10. The Labute approximate surface area is 107 Å². The number of allylic oxidation sites excluding steroid dienone is 1. The zero-order chi connectivity index (χ0) is 11.4. The zero-order valence-electron chi connectivity index (χ0n) is 8.39. The van der Waals surface area contributed by atoms with Crippen LogP contribution in [0.15, 0.2) is 52.3 Å². The molecular formula is C13H9BrOS. The van der Waals surface area contributed by atoms with Gasteiger partial charge in [-0.3, -0.25) is 4.79 Å². The van der Waals surface area contributed by atoms with Gasteiger partial charge in [0.1, 0.15) is 0 Å². The Morgan fingerprint density at radius 3 is 2.44 bits per heavy atom. The third-order valence-electron chi connectivity index (χ3n) is 2.17. The molecule has 2 aromatic rings. The quantitative estimate of drug-likeness (QED) is 0.615. The third-order valence-corrected chi connectivity index (χ3v) is 3.64. The fourth-order valence-corrected chi connectivity index (χ4v) is 2.86. The summed E-state index contributed by atoms with van der Waals surface area (Å²) in [4.78, 5) is 12.0. The van der Waals surface area contributed by atoms with E-state index >= 15 is 0 Å². The minimum Gasteiger partial charge on any atom is -0.297 e. The summed E-state index contributed by atoms with van der Waals surface area (Å²) >= 11 is 4.94. The molecule has 1 heterocycles. The van der Waals surface area contributed by atoms with Crippen molar-refractivity contribution in [2.75, 3.05) is 0 Å². The molecule has 0 N–H and O–H groups in total. The predicted octanol–water partition coefficient (Wildman–Crippen LogP) is 4.10. The Morgan fingerprint density at radius 2 is 1.88 bits per heavy atom.